The summed E-state index contributed by atoms with van der Waals surface area (Å²) in [4.78, 5) is 1.91. The molecule has 8 nitrogen and oxygen atoms in total. The predicted molar refractivity (Wildman–Crippen MR) is 109 cm³/mol. The van der Waals surface area contributed by atoms with Gasteiger partial charge < -0.3 is 14.6 Å². The molecular weight excluding hydrogens is 420 g/mol. The highest BCUT2D eigenvalue weighted by atomic mass is 19.1. The van der Waals surface area contributed by atoms with Gasteiger partial charge in [0.05, 0.1) is 12.1 Å². The van der Waals surface area contributed by atoms with Gasteiger partial charge in [-0.05, 0) is 43.2 Å². The summed E-state index contributed by atoms with van der Waals surface area (Å²) in [5.41, 5.74) is 0.330. The van der Waals surface area contributed by atoms with Crippen LogP contribution in [0.1, 0.15) is 69.4 Å². The van der Waals surface area contributed by atoms with Gasteiger partial charge in [-0.2, -0.15) is 0 Å². The summed E-state index contributed by atoms with van der Waals surface area (Å²) in [5, 5.41) is 23.5. The van der Waals surface area contributed by atoms with Gasteiger partial charge in [-0.1, -0.05) is 25.3 Å². The number of aromatic nitrogens is 4. The lowest BCUT2D eigenvalue weighted by atomic mass is 9.91. The van der Waals surface area contributed by atoms with Crippen LogP contribution in [0.4, 0.5) is 8.78 Å². The second-order valence-corrected chi connectivity index (χ2v) is 9.52. The second kappa shape index (κ2) is 8.40. The Hall–Kier alpha value is -2.01. The molecule has 0 bridgehead atoms. The number of ether oxygens (including phenoxy) is 2. The van der Waals surface area contributed by atoms with Crippen molar-refractivity contribution >= 4 is 0 Å². The summed E-state index contributed by atoms with van der Waals surface area (Å²) < 4.78 is 42.1. The molecule has 1 aliphatic carbocycles. The van der Waals surface area contributed by atoms with E-state index in [4.69, 9.17) is 9.47 Å². The maximum Gasteiger partial charge on any atom is 0.171 e. The van der Waals surface area contributed by atoms with Crippen LogP contribution in [-0.2, 0) is 16.0 Å². The highest BCUT2D eigenvalue weighted by Crippen LogP contribution is 2.44. The highest BCUT2D eigenvalue weighted by Gasteiger charge is 2.55. The van der Waals surface area contributed by atoms with E-state index >= 15 is 0 Å². The van der Waals surface area contributed by atoms with Gasteiger partial charge in [0.15, 0.2) is 11.6 Å². The average Bonchev–Trinajstić information content (AvgIpc) is 3.35. The Morgan fingerprint density at radius 3 is 2.62 bits per heavy atom. The minimum atomic E-state index is -0.880. The molecule has 32 heavy (non-hydrogen) atoms. The molecule has 0 spiro atoms. The van der Waals surface area contributed by atoms with Crippen LogP contribution in [0.5, 0.6) is 0 Å². The molecule has 0 unspecified atom stereocenters. The summed E-state index contributed by atoms with van der Waals surface area (Å²) in [6.45, 7) is 3.99. The van der Waals surface area contributed by atoms with Crippen LogP contribution in [0.2, 0.25) is 0 Å². The normalized spacial score (nSPS) is 31.0. The maximum atomic E-state index is 14.5. The van der Waals surface area contributed by atoms with Crippen LogP contribution in [0.3, 0.4) is 0 Å². The number of hydrogen-bond acceptors (Lipinski definition) is 7. The minimum Gasteiger partial charge on any atom is -0.389 e. The molecule has 1 saturated carbocycles. The van der Waals surface area contributed by atoms with E-state index in [1.165, 1.54) is 18.6 Å². The van der Waals surface area contributed by atoms with Gasteiger partial charge in [-0.3, -0.25) is 4.90 Å². The van der Waals surface area contributed by atoms with E-state index in [1.807, 2.05) is 23.4 Å². The van der Waals surface area contributed by atoms with Crippen LogP contribution in [0.15, 0.2) is 18.2 Å². The number of β-amino-alcohol motifs (C(OH)–C–C–N with tert-alkyl or cyclic N) is 1. The van der Waals surface area contributed by atoms with E-state index in [2.05, 4.69) is 15.5 Å². The number of nitrogens with zero attached hydrogens (tertiary/aromatic N) is 5. The molecule has 1 aromatic carbocycles. The molecule has 5 rings (SSSR count). The van der Waals surface area contributed by atoms with Gasteiger partial charge in [0, 0.05) is 24.7 Å². The molecule has 2 aromatic rings. The molecule has 3 aliphatic rings. The van der Waals surface area contributed by atoms with Gasteiger partial charge >= 0.3 is 0 Å². The van der Waals surface area contributed by atoms with Gasteiger partial charge in [-0.15, -0.1) is 5.10 Å². The number of likely N-dealkylation sites (tertiary alicyclic amines) is 1. The maximum absolute atomic E-state index is 14.5. The van der Waals surface area contributed by atoms with Crippen molar-refractivity contribution in [3.8, 4) is 0 Å². The quantitative estimate of drug-likeness (QED) is 0.768. The fourth-order valence-corrected chi connectivity index (χ4v) is 5.35. The van der Waals surface area contributed by atoms with Gasteiger partial charge in [-0.25, -0.2) is 13.5 Å². The van der Waals surface area contributed by atoms with Crippen LogP contribution in [0, 0.1) is 11.6 Å². The van der Waals surface area contributed by atoms with Crippen LogP contribution in [0.25, 0.3) is 0 Å². The van der Waals surface area contributed by atoms with E-state index in [-0.39, 0.29) is 19.1 Å². The Morgan fingerprint density at radius 1 is 1.12 bits per heavy atom. The highest BCUT2D eigenvalue weighted by molar-refractivity contribution is 5.20. The lowest BCUT2D eigenvalue weighted by molar-refractivity contribution is -0.153. The number of halogens is 2. The molecule has 1 N–H and O–H groups in total. The zero-order chi connectivity index (χ0) is 22.5. The summed E-state index contributed by atoms with van der Waals surface area (Å²) in [6, 6.07) is 3.28. The van der Waals surface area contributed by atoms with E-state index < -0.39 is 41.8 Å². The number of aliphatic hydroxyl groups excluding tert-OH is 1. The summed E-state index contributed by atoms with van der Waals surface area (Å²) in [6.07, 6.45) is 3.52. The number of hydrogen-bond donors (Lipinski definition) is 1. The van der Waals surface area contributed by atoms with Crippen molar-refractivity contribution < 1.29 is 23.4 Å². The van der Waals surface area contributed by atoms with Gasteiger partial charge in [0.25, 0.3) is 0 Å². The number of fused-ring (bicyclic) bond motifs is 1. The van der Waals surface area contributed by atoms with Crippen molar-refractivity contribution in [1.29, 1.82) is 0 Å². The molecular formula is C22H29F2N5O3. The fraction of sp³-hybridized carbons (Fsp3) is 0.682. The largest absolute Gasteiger partial charge is 0.389 e. The fourth-order valence-electron chi connectivity index (χ4n) is 5.35. The second-order valence-electron chi connectivity index (χ2n) is 9.52. The first-order valence-corrected chi connectivity index (χ1v) is 11.3. The van der Waals surface area contributed by atoms with E-state index in [1.54, 1.807) is 0 Å². The lowest BCUT2D eigenvalue weighted by Crippen LogP contribution is -2.56. The smallest absolute Gasteiger partial charge is 0.171 e. The zero-order valence-corrected chi connectivity index (χ0v) is 18.3. The first-order chi connectivity index (χ1) is 15.3. The molecule has 174 valence electrons. The monoisotopic (exact) mass is 449 g/mol. The Bertz CT molecular complexity index is 965. The van der Waals surface area contributed by atoms with Gasteiger partial charge in [0.2, 0.25) is 0 Å². The summed E-state index contributed by atoms with van der Waals surface area (Å²) >= 11 is 0. The lowest BCUT2D eigenvalue weighted by Gasteiger charge is -2.43. The average molecular weight is 450 g/mol. The van der Waals surface area contributed by atoms with E-state index in [0.29, 0.717) is 11.4 Å². The number of benzene rings is 1. The van der Waals surface area contributed by atoms with Crippen LogP contribution < -0.4 is 0 Å². The summed E-state index contributed by atoms with van der Waals surface area (Å²) in [7, 11) is 0. The Balaban J connectivity index is 1.53. The van der Waals surface area contributed by atoms with Crippen molar-refractivity contribution in [3.63, 3.8) is 0 Å². The third kappa shape index (κ3) is 4.05. The molecule has 0 amide bonds. The molecule has 3 fully saturated rings. The first-order valence-electron chi connectivity index (χ1n) is 11.3. The molecule has 2 aliphatic heterocycles. The molecule has 1 aromatic heterocycles. The van der Waals surface area contributed by atoms with Crippen LogP contribution in [-0.4, -0.2) is 60.9 Å². The molecule has 2 saturated heterocycles. The molecule has 3 heterocycles. The predicted octanol–water partition coefficient (Wildman–Crippen LogP) is 2.89. The van der Waals surface area contributed by atoms with Crippen molar-refractivity contribution in [3.05, 3.63) is 41.2 Å². The van der Waals surface area contributed by atoms with Crippen molar-refractivity contribution in [2.75, 3.05) is 6.54 Å². The third-order valence-corrected chi connectivity index (χ3v) is 6.76. The number of tetrazole rings is 1. The Morgan fingerprint density at radius 2 is 1.88 bits per heavy atom. The molecule has 4 atom stereocenters. The number of piperidine rings is 1. The van der Waals surface area contributed by atoms with Crippen LogP contribution >= 0.6 is 0 Å². The van der Waals surface area contributed by atoms with Crippen molar-refractivity contribution in [1.82, 2.24) is 25.1 Å². The van der Waals surface area contributed by atoms with Crippen molar-refractivity contribution in [2.45, 2.75) is 88.7 Å². The third-order valence-electron chi connectivity index (χ3n) is 6.76. The minimum absolute atomic E-state index is 0.151. The SMILES string of the molecule is CC1(C)O[C@@H]2[C@H](O1)[C@@H](c1nnnn1C1CCCCC1)N(Cc1ccc(F)cc1F)C[C@@H]2O. The standard InChI is InChI=1S/C22H29F2N5O3/c1-22(2)31-19-17(30)12-28(11-13-8-9-14(23)10-16(13)24)18(20(19)32-22)21-25-26-27-29(21)15-6-4-3-5-7-15/h8-10,15,17-20,30H,3-7,11-12H2,1-2H3/t17-,18-,19-,20+/m0/s1. The summed E-state index contributed by atoms with van der Waals surface area (Å²) in [5.74, 6) is -1.51. The first kappa shape index (κ1) is 21.8. The zero-order valence-electron chi connectivity index (χ0n) is 18.3. The van der Waals surface area contributed by atoms with E-state index in [0.717, 1.165) is 31.7 Å². The topological polar surface area (TPSA) is 85.5 Å². The van der Waals surface area contributed by atoms with Gasteiger partial charge in [0.1, 0.15) is 29.9 Å². The molecule has 10 heteroatoms. The molecule has 0 radical (unpaired) electrons. The number of rotatable bonds is 4. The Kier molecular flexibility index (Phi) is 5.73. The van der Waals surface area contributed by atoms with Crippen molar-refractivity contribution in [2.24, 2.45) is 0 Å². The van der Waals surface area contributed by atoms with E-state index in [9.17, 15) is 13.9 Å². The number of aliphatic hydroxyl groups is 1. The Labute approximate surface area is 185 Å².